The van der Waals surface area contributed by atoms with E-state index in [9.17, 15) is 26.0 Å². The van der Waals surface area contributed by atoms with E-state index in [1.165, 1.54) is 40.6 Å². The summed E-state index contributed by atoms with van der Waals surface area (Å²) in [4.78, 5) is 1.18. The van der Waals surface area contributed by atoms with Gasteiger partial charge in [0.05, 0.1) is 23.6 Å². The Morgan fingerprint density at radius 2 is 1.83 bits per heavy atom. The van der Waals surface area contributed by atoms with Crippen molar-refractivity contribution in [3.8, 4) is 5.69 Å². The van der Waals surface area contributed by atoms with Gasteiger partial charge in [-0.05, 0) is 78.6 Å². The molecule has 2 aromatic heterocycles. The molecule has 2 aliphatic carbocycles. The third-order valence-corrected chi connectivity index (χ3v) is 10.7. The van der Waals surface area contributed by atoms with Crippen LogP contribution in [0.15, 0.2) is 77.6 Å². The van der Waals surface area contributed by atoms with Gasteiger partial charge in [-0.1, -0.05) is 18.2 Å². The zero-order valence-electron chi connectivity index (χ0n) is 22.6. The second kappa shape index (κ2) is 9.08. The number of aromatic nitrogens is 5. The lowest BCUT2D eigenvalue weighted by Gasteiger charge is -2.28. The summed E-state index contributed by atoms with van der Waals surface area (Å²) in [6.45, 7) is 2.22. The summed E-state index contributed by atoms with van der Waals surface area (Å²) in [5.74, 6) is -1.12. The predicted octanol–water partition coefficient (Wildman–Crippen LogP) is 4.85. The van der Waals surface area contributed by atoms with E-state index in [1.807, 2.05) is 25.1 Å². The van der Waals surface area contributed by atoms with E-state index >= 15 is 0 Å². The molecule has 2 aromatic carbocycles. The van der Waals surface area contributed by atoms with Crippen LogP contribution in [0, 0.1) is 30.5 Å². The van der Waals surface area contributed by atoms with Gasteiger partial charge in [-0.25, -0.2) is 17.5 Å². The smallest absolute Gasteiger partial charge is 0.233 e. The summed E-state index contributed by atoms with van der Waals surface area (Å²) < 4.78 is 84.7. The summed E-state index contributed by atoms with van der Waals surface area (Å²) in [6, 6.07) is 9.91. The molecule has 1 unspecified atom stereocenters. The Morgan fingerprint density at radius 1 is 1.07 bits per heavy atom. The summed E-state index contributed by atoms with van der Waals surface area (Å²) >= 11 is 0. The van der Waals surface area contributed by atoms with E-state index in [1.54, 1.807) is 23.0 Å². The Hall–Kier alpha value is -3.84. The van der Waals surface area contributed by atoms with Gasteiger partial charge in [0.25, 0.3) is 10.0 Å². The van der Waals surface area contributed by atoms with E-state index < -0.39 is 33.1 Å². The predicted molar refractivity (Wildman–Crippen MR) is 146 cm³/mol. The second-order valence-electron chi connectivity index (χ2n) is 11.3. The minimum atomic E-state index is -4.43. The van der Waals surface area contributed by atoms with Crippen molar-refractivity contribution in [1.29, 1.82) is 0 Å². The molecule has 0 bridgehead atoms. The van der Waals surface area contributed by atoms with Crippen LogP contribution in [0.3, 0.4) is 0 Å². The lowest BCUT2D eigenvalue weighted by Crippen LogP contribution is -2.36. The maximum atomic E-state index is 13.7. The van der Waals surface area contributed by atoms with Crippen LogP contribution in [-0.4, -0.2) is 56.8 Å². The first-order valence-corrected chi connectivity index (χ1v) is 14.9. The average molecular weight is 599 g/mol. The van der Waals surface area contributed by atoms with Gasteiger partial charge >= 0.3 is 6.18 Å². The monoisotopic (exact) mass is 598 g/mol. The van der Waals surface area contributed by atoms with Gasteiger partial charge in [-0.15, -0.1) is 5.10 Å². The van der Waals surface area contributed by atoms with Gasteiger partial charge < -0.3 is 0 Å². The van der Waals surface area contributed by atoms with Crippen molar-refractivity contribution in [3.63, 3.8) is 0 Å². The molecule has 1 aliphatic heterocycles. The summed E-state index contributed by atoms with van der Waals surface area (Å²) in [5, 5.41) is 13.1. The van der Waals surface area contributed by atoms with Crippen LogP contribution in [0.1, 0.15) is 17.5 Å². The number of hydrogen-bond acceptors (Lipinski definition) is 5. The molecule has 0 spiro atoms. The van der Waals surface area contributed by atoms with E-state index in [0.717, 1.165) is 28.1 Å². The Morgan fingerprint density at radius 3 is 2.52 bits per heavy atom. The second-order valence-corrected chi connectivity index (χ2v) is 13.2. The molecule has 13 heteroatoms. The normalized spacial score (nSPS) is 26.0. The molecular weight excluding hydrogens is 572 g/mol. The van der Waals surface area contributed by atoms with Crippen LogP contribution >= 0.6 is 0 Å². The molecule has 4 aromatic rings. The van der Waals surface area contributed by atoms with Crippen molar-refractivity contribution in [2.45, 2.75) is 30.0 Å². The first-order chi connectivity index (χ1) is 19.9. The SMILES string of the molecule is Cc1cc2c(cnn2-c2ccc(F)cc2)cc1[C@@]12CN(S(=O)(=O)c3cnn(C)n3)C[C@@H]1[C@H]2C1C=CC=C(C(F)(F)F)C1. The first-order valence-electron chi connectivity index (χ1n) is 13.5. The number of aryl methyl sites for hydroxylation is 2. The van der Waals surface area contributed by atoms with Crippen LogP contribution in [0.2, 0.25) is 0 Å². The van der Waals surface area contributed by atoms with Crippen LogP contribution < -0.4 is 0 Å². The summed E-state index contributed by atoms with van der Waals surface area (Å²) in [6.07, 6.45) is 2.73. The zero-order valence-corrected chi connectivity index (χ0v) is 23.4. The largest absolute Gasteiger partial charge is 0.412 e. The van der Waals surface area contributed by atoms with Gasteiger partial charge in [-0.2, -0.15) is 32.5 Å². The number of benzene rings is 2. The highest BCUT2D eigenvalue weighted by atomic mass is 32.2. The number of hydrogen-bond donors (Lipinski definition) is 0. The van der Waals surface area contributed by atoms with Gasteiger partial charge in [-0.3, -0.25) is 0 Å². The van der Waals surface area contributed by atoms with Crippen LogP contribution in [0.5, 0.6) is 0 Å². The van der Waals surface area contributed by atoms with Crippen molar-refractivity contribution < 1.29 is 26.0 Å². The third-order valence-electron chi connectivity index (χ3n) is 9.03. The number of nitrogens with zero attached hydrogens (tertiary/aromatic N) is 6. The van der Waals surface area contributed by atoms with Gasteiger partial charge in [0, 0.05) is 36.5 Å². The Kier molecular flexibility index (Phi) is 5.84. The van der Waals surface area contributed by atoms with Gasteiger partial charge in [0.2, 0.25) is 5.03 Å². The molecule has 4 atom stereocenters. The molecule has 7 rings (SSSR count). The van der Waals surface area contributed by atoms with Crippen LogP contribution in [0.25, 0.3) is 16.6 Å². The van der Waals surface area contributed by atoms with Crippen molar-refractivity contribution >= 4 is 20.9 Å². The molecule has 1 saturated heterocycles. The molecule has 0 radical (unpaired) electrons. The molecule has 1 saturated carbocycles. The van der Waals surface area contributed by atoms with E-state index in [-0.39, 0.29) is 42.2 Å². The summed E-state index contributed by atoms with van der Waals surface area (Å²) in [7, 11) is -2.43. The fraction of sp³-hybridized carbons (Fsp3) is 0.345. The highest BCUT2D eigenvalue weighted by molar-refractivity contribution is 7.89. The number of alkyl halides is 3. The number of rotatable bonds is 5. The van der Waals surface area contributed by atoms with Crippen LogP contribution in [0.4, 0.5) is 17.6 Å². The third kappa shape index (κ3) is 4.04. The molecule has 0 amide bonds. The summed E-state index contributed by atoms with van der Waals surface area (Å²) in [5.41, 5.74) is 1.98. The molecule has 8 nitrogen and oxygen atoms in total. The maximum absolute atomic E-state index is 13.7. The lowest BCUT2D eigenvalue weighted by atomic mass is 9.81. The van der Waals surface area contributed by atoms with Gasteiger partial charge in [0.1, 0.15) is 5.82 Å². The quantitative estimate of drug-likeness (QED) is 0.307. The number of halogens is 4. The minimum Gasteiger partial charge on any atom is -0.233 e. The lowest BCUT2D eigenvalue weighted by molar-refractivity contribution is -0.0954. The van der Waals surface area contributed by atoms with Crippen molar-refractivity contribution in [2.75, 3.05) is 13.1 Å². The molecular formula is C29H26F4N6O2S. The number of piperidine rings is 1. The van der Waals surface area contributed by atoms with E-state index in [2.05, 4.69) is 15.3 Å². The van der Waals surface area contributed by atoms with E-state index in [0.29, 0.717) is 5.69 Å². The molecule has 218 valence electrons. The molecule has 3 aliphatic rings. The maximum Gasteiger partial charge on any atom is 0.412 e. The zero-order chi connectivity index (χ0) is 29.6. The number of fused-ring (bicyclic) bond motifs is 2. The fourth-order valence-electron chi connectivity index (χ4n) is 7.16. The Balaban J connectivity index is 1.30. The fourth-order valence-corrected chi connectivity index (χ4v) is 8.57. The molecule has 0 N–H and O–H groups in total. The standard InChI is InChI=1S/C29H26F4N6O2S/c1-17-10-25-19(13-35-39(25)22-8-6-21(30)7-9-22)12-23(17)28-16-38(42(40,41)26-14-34-37(2)36-26)15-24(28)27(28)18-4-3-5-20(11-18)29(31,32)33/h3-10,12-14,18,24,27H,11,15-16H2,1-2H3/t18?,24-,27-,28+/m1/s1. The van der Waals surface area contributed by atoms with Crippen molar-refractivity contribution in [3.05, 3.63) is 89.5 Å². The Bertz CT molecular complexity index is 1890. The molecule has 2 fully saturated rings. The highest BCUT2D eigenvalue weighted by Crippen LogP contribution is 2.69. The number of sulfonamides is 1. The Labute approximate surface area is 239 Å². The molecule has 3 heterocycles. The molecule has 42 heavy (non-hydrogen) atoms. The first kappa shape index (κ1) is 27.0. The van der Waals surface area contributed by atoms with Crippen LogP contribution in [-0.2, 0) is 22.5 Å². The van der Waals surface area contributed by atoms with Crippen molar-refractivity contribution in [2.24, 2.45) is 24.8 Å². The highest BCUT2D eigenvalue weighted by Gasteiger charge is 2.73. The topological polar surface area (TPSA) is 85.9 Å². The minimum absolute atomic E-state index is 0.120. The van der Waals surface area contributed by atoms with E-state index in [4.69, 9.17) is 0 Å². The van der Waals surface area contributed by atoms with Gasteiger partial charge in [0.15, 0.2) is 0 Å². The van der Waals surface area contributed by atoms with Crippen molar-refractivity contribution in [1.82, 2.24) is 29.1 Å². The number of allylic oxidation sites excluding steroid dienone is 4. The average Bonchev–Trinajstić information content (AvgIpc) is 3.36.